The zero-order chi connectivity index (χ0) is 11.8. The van der Waals surface area contributed by atoms with Crippen molar-refractivity contribution in [2.24, 2.45) is 0 Å². The minimum absolute atomic E-state index is 0.939. The van der Waals surface area contributed by atoms with Crippen LogP contribution in [0, 0.1) is 0 Å². The van der Waals surface area contributed by atoms with Gasteiger partial charge in [-0.15, -0.1) is 0 Å². The summed E-state index contributed by atoms with van der Waals surface area (Å²) in [6, 6.07) is 4.14. The van der Waals surface area contributed by atoms with Gasteiger partial charge in [-0.3, -0.25) is 4.98 Å². The van der Waals surface area contributed by atoms with Gasteiger partial charge in [0, 0.05) is 24.4 Å². The van der Waals surface area contributed by atoms with Crippen LogP contribution in [0.1, 0.15) is 12.0 Å². The standard InChI is InChI=1S/C13H21N3O/c1-3-13(11-14-4-1)12-15-5-2-6-16-7-9-17-10-8-16/h1,3-4,11,15H,2,5-10,12H2/p+2. The fourth-order valence-corrected chi connectivity index (χ4v) is 2.19. The van der Waals surface area contributed by atoms with Crippen molar-refractivity contribution >= 4 is 0 Å². The molecule has 1 fully saturated rings. The number of aromatic nitrogens is 1. The summed E-state index contributed by atoms with van der Waals surface area (Å²) < 4.78 is 5.35. The average Bonchev–Trinajstić information content (AvgIpc) is 2.41. The zero-order valence-electron chi connectivity index (χ0n) is 10.4. The van der Waals surface area contributed by atoms with Crippen molar-refractivity contribution in [1.82, 2.24) is 4.98 Å². The quantitative estimate of drug-likeness (QED) is 0.588. The Morgan fingerprint density at radius 2 is 2.24 bits per heavy atom. The number of morpholine rings is 1. The van der Waals surface area contributed by atoms with E-state index in [1.54, 1.807) is 4.90 Å². The summed E-state index contributed by atoms with van der Waals surface area (Å²) in [7, 11) is 0. The molecule has 1 aromatic rings. The first-order valence-electron chi connectivity index (χ1n) is 6.57. The van der Waals surface area contributed by atoms with E-state index in [2.05, 4.69) is 16.4 Å². The second-order valence-corrected chi connectivity index (χ2v) is 4.61. The number of rotatable bonds is 6. The molecule has 3 N–H and O–H groups in total. The molecule has 0 amide bonds. The Kier molecular flexibility index (Phi) is 5.42. The third-order valence-corrected chi connectivity index (χ3v) is 3.24. The van der Waals surface area contributed by atoms with Gasteiger partial charge in [0.25, 0.3) is 0 Å². The summed E-state index contributed by atoms with van der Waals surface area (Å²) in [5.41, 5.74) is 1.31. The van der Waals surface area contributed by atoms with Gasteiger partial charge in [-0.05, 0) is 6.07 Å². The number of nitrogens with zero attached hydrogens (tertiary/aromatic N) is 1. The Hall–Kier alpha value is -0.970. The van der Waals surface area contributed by atoms with Crippen LogP contribution >= 0.6 is 0 Å². The van der Waals surface area contributed by atoms with Crippen molar-refractivity contribution in [3.8, 4) is 0 Å². The van der Waals surface area contributed by atoms with Gasteiger partial charge in [0.1, 0.15) is 19.6 Å². The van der Waals surface area contributed by atoms with E-state index in [1.165, 1.54) is 38.2 Å². The molecule has 1 aliphatic heterocycles. The molecular weight excluding hydrogens is 214 g/mol. The maximum atomic E-state index is 5.35. The molecule has 2 rings (SSSR count). The summed E-state index contributed by atoms with van der Waals surface area (Å²) in [5.74, 6) is 0. The summed E-state index contributed by atoms with van der Waals surface area (Å²) in [6.45, 7) is 7.78. The van der Waals surface area contributed by atoms with E-state index in [0.717, 1.165) is 19.8 Å². The van der Waals surface area contributed by atoms with E-state index >= 15 is 0 Å². The average molecular weight is 237 g/mol. The first kappa shape index (κ1) is 12.5. The summed E-state index contributed by atoms with van der Waals surface area (Å²) in [6.07, 6.45) is 5.06. The molecule has 0 aromatic carbocycles. The Morgan fingerprint density at radius 1 is 1.35 bits per heavy atom. The van der Waals surface area contributed by atoms with E-state index in [9.17, 15) is 0 Å². The second kappa shape index (κ2) is 7.37. The first-order chi connectivity index (χ1) is 8.45. The van der Waals surface area contributed by atoms with Gasteiger partial charge >= 0.3 is 0 Å². The predicted molar refractivity (Wildman–Crippen MR) is 65.7 cm³/mol. The molecule has 0 spiro atoms. The van der Waals surface area contributed by atoms with Gasteiger partial charge < -0.3 is 15.0 Å². The summed E-state index contributed by atoms with van der Waals surface area (Å²) in [5, 5.41) is 2.37. The summed E-state index contributed by atoms with van der Waals surface area (Å²) >= 11 is 0. The van der Waals surface area contributed by atoms with Gasteiger partial charge in [-0.1, -0.05) is 6.07 Å². The molecule has 17 heavy (non-hydrogen) atoms. The Balaban J connectivity index is 1.51. The minimum atomic E-state index is 0.939. The number of nitrogens with one attached hydrogen (secondary N) is 1. The number of nitrogens with two attached hydrogens (primary N) is 1. The van der Waals surface area contributed by atoms with E-state index in [-0.39, 0.29) is 0 Å². The third-order valence-electron chi connectivity index (χ3n) is 3.24. The van der Waals surface area contributed by atoms with Crippen LogP contribution in [0.2, 0.25) is 0 Å². The van der Waals surface area contributed by atoms with Crippen molar-refractivity contribution in [2.45, 2.75) is 13.0 Å². The van der Waals surface area contributed by atoms with Gasteiger partial charge in [-0.25, -0.2) is 0 Å². The van der Waals surface area contributed by atoms with E-state index in [4.69, 9.17) is 4.74 Å². The Bertz CT molecular complexity index is 299. The van der Waals surface area contributed by atoms with E-state index in [1.807, 2.05) is 18.5 Å². The molecule has 0 unspecified atom stereocenters. The highest BCUT2D eigenvalue weighted by molar-refractivity contribution is 5.06. The molecule has 4 nitrogen and oxygen atoms in total. The highest BCUT2D eigenvalue weighted by Gasteiger charge is 2.12. The minimum Gasteiger partial charge on any atom is -0.370 e. The van der Waals surface area contributed by atoms with Crippen LogP contribution in [-0.4, -0.2) is 44.4 Å². The molecule has 0 atom stereocenters. The largest absolute Gasteiger partial charge is 0.370 e. The summed E-state index contributed by atoms with van der Waals surface area (Å²) in [4.78, 5) is 5.82. The normalized spacial score (nSPS) is 17.2. The molecule has 0 bridgehead atoms. The molecular formula is C13H23N3O+2. The van der Waals surface area contributed by atoms with E-state index in [0.29, 0.717) is 0 Å². The number of pyridine rings is 1. The third kappa shape index (κ3) is 4.81. The zero-order valence-corrected chi connectivity index (χ0v) is 10.4. The number of hydrogen-bond acceptors (Lipinski definition) is 2. The molecule has 0 saturated carbocycles. The molecule has 94 valence electrons. The molecule has 2 heterocycles. The molecule has 1 aliphatic rings. The smallest absolute Gasteiger partial charge is 0.103 e. The second-order valence-electron chi connectivity index (χ2n) is 4.61. The monoisotopic (exact) mass is 237 g/mol. The lowest BCUT2D eigenvalue weighted by Gasteiger charge is -2.23. The van der Waals surface area contributed by atoms with Gasteiger partial charge in [-0.2, -0.15) is 0 Å². The number of hydrogen-bond donors (Lipinski definition) is 2. The topological polar surface area (TPSA) is 43.2 Å². The van der Waals surface area contributed by atoms with Crippen molar-refractivity contribution in [3.63, 3.8) is 0 Å². The SMILES string of the molecule is c1cncc(C[NH2+]CCC[NH+]2CCOCC2)c1. The molecule has 0 radical (unpaired) electrons. The van der Waals surface area contributed by atoms with Crippen LogP contribution in [0.15, 0.2) is 24.5 Å². The van der Waals surface area contributed by atoms with Crippen LogP contribution in [-0.2, 0) is 11.3 Å². The van der Waals surface area contributed by atoms with Crippen molar-refractivity contribution in [1.29, 1.82) is 0 Å². The maximum absolute atomic E-state index is 5.35. The number of quaternary nitrogens is 2. The van der Waals surface area contributed by atoms with Crippen LogP contribution < -0.4 is 10.2 Å². The highest BCUT2D eigenvalue weighted by atomic mass is 16.5. The van der Waals surface area contributed by atoms with Gasteiger partial charge in [0.2, 0.25) is 0 Å². The van der Waals surface area contributed by atoms with Crippen molar-refractivity contribution < 1.29 is 15.0 Å². The maximum Gasteiger partial charge on any atom is 0.103 e. The Labute approximate surface area is 103 Å². The van der Waals surface area contributed by atoms with Crippen LogP contribution in [0.3, 0.4) is 0 Å². The molecule has 1 aromatic heterocycles. The van der Waals surface area contributed by atoms with Crippen LogP contribution in [0.5, 0.6) is 0 Å². The van der Waals surface area contributed by atoms with Crippen molar-refractivity contribution in [2.75, 3.05) is 39.4 Å². The van der Waals surface area contributed by atoms with E-state index < -0.39 is 0 Å². The van der Waals surface area contributed by atoms with Gasteiger partial charge in [0.15, 0.2) is 0 Å². The van der Waals surface area contributed by atoms with Crippen LogP contribution in [0.25, 0.3) is 0 Å². The molecule has 0 aliphatic carbocycles. The number of ether oxygens (including phenoxy) is 1. The highest BCUT2D eigenvalue weighted by Crippen LogP contribution is 1.90. The van der Waals surface area contributed by atoms with Crippen molar-refractivity contribution in [3.05, 3.63) is 30.1 Å². The predicted octanol–water partition coefficient (Wildman–Crippen LogP) is -1.55. The van der Waals surface area contributed by atoms with Crippen LogP contribution in [0.4, 0.5) is 0 Å². The first-order valence-corrected chi connectivity index (χ1v) is 6.57. The Morgan fingerprint density at radius 3 is 3.00 bits per heavy atom. The molecule has 1 saturated heterocycles. The van der Waals surface area contributed by atoms with Gasteiger partial charge in [0.05, 0.1) is 26.3 Å². The fourth-order valence-electron chi connectivity index (χ4n) is 2.19. The fraction of sp³-hybridized carbons (Fsp3) is 0.615. The lowest BCUT2D eigenvalue weighted by Crippen LogP contribution is -3.14. The lowest BCUT2D eigenvalue weighted by atomic mass is 10.3. The molecule has 4 heteroatoms. The lowest BCUT2D eigenvalue weighted by molar-refractivity contribution is -0.909.